The van der Waals surface area contributed by atoms with E-state index < -0.39 is 24.1 Å². The van der Waals surface area contributed by atoms with Crippen molar-refractivity contribution in [3.63, 3.8) is 0 Å². The summed E-state index contributed by atoms with van der Waals surface area (Å²) < 4.78 is 21.5. The number of para-hydroxylation sites is 2. The Morgan fingerprint density at radius 1 is 0.588 bits per heavy atom. The van der Waals surface area contributed by atoms with Gasteiger partial charge in [0.1, 0.15) is 11.5 Å². The molecule has 0 saturated heterocycles. The van der Waals surface area contributed by atoms with Gasteiger partial charge < -0.3 is 18.9 Å². The number of ether oxygens (including phenoxy) is 4. The van der Waals surface area contributed by atoms with Gasteiger partial charge in [0.25, 0.3) is 0 Å². The topological polar surface area (TPSA) is 71.1 Å². The van der Waals surface area contributed by atoms with Crippen LogP contribution in [0.1, 0.15) is 23.3 Å². The van der Waals surface area contributed by atoms with Gasteiger partial charge in [-0.05, 0) is 24.3 Å². The summed E-state index contributed by atoms with van der Waals surface area (Å²) >= 11 is 26.1. The number of hydrogen-bond donors (Lipinski definition) is 0. The molecule has 178 valence electrons. The number of halogens is 4. The highest BCUT2D eigenvalue weighted by atomic mass is 35.5. The van der Waals surface area contributed by atoms with E-state index in [2.05, 4.69) is 0 Å². The lowest BCUT2D eigenvalue weighted by molar-refractivity contribution is -0.149. The monoisotopic (exact) mass is 542 g/mol. The van der Waals surface area contributed by atoms with Gasteiger partial charge in [-0.15, -0.1) is 0 Å². The minimum atomic E-state index is -1.43. The van der Waals surface area contributed by atoms with E-state index in [1.165, 1.54) is 14.2 Å². The third-order valence-electron chi connectivity index (χ3n) is 4.68. The summed E-state index contributed by atoms with van der Waals surface area (Å²) in [5.41, 5.74) is -0.0944. The lowest BCUT2D eigenvalue weighted by Crippen LogP contribution is -2.25. The quantitative estimate of drug-likeness (QED) is 0.175. The molecule has 0 aliphatic carbocycles. The van der Waals surface area contributed by atoms with Crippen LogP contribution in [0, 0.1) is 0 Å². The molecule has 0 amide bonds. The van der Waals surface area contributed by atoms with Gasteiger partial charge in [0.2, 0.25) is 12.2 Å². The molecular formula is C24H18Cl4O6. The zero-order valence-corrected chi connectivity index (χ0v) is 20.9. The third kappa shape index (κ3) is 5.53. The number of methoxy groups -OCH3 is 2. The summed E-state index contributed by atoms with van der Waals surface area (Å²) in [4.78, 5) is 25.4. The second-order valence-electron chi connectivity index (χ2n) is 6.75. The second kappa shape index (κ2) is 11.7. The summed E-state index contributed by atoms with van der Waals surface area (Å²) in [5, 5.41) is -0.615. The fourth-order valence-corrected chi connectivity index (χ4v) is 4.38. The minimum absolute atomic E-state index is 0.0472. The maximum Gasteiger partial charge on any atom is 0.351 e. The van der Waals surface area contributed by atoms with E-state index in [-0.39, 0.29) is 31.2 Å². The summed E-state index contributed by atoms with van der Waals surface area (Å²) in [5.74, 6) is -0.948. The first-order valence-corrected chi connectivity index (χ1v) is 11.3. The Balaban J connectivity index is 2.21. The number of carbonyl (C=O) groups excluding carboxylic acids is 2. The first-order valence-electron chi connectivity index (χ1n) is 9.74. The van der Waals surface area contributed by atoms with E-state index in [4.69, 9.17) is 65.4 Å². The van der Waals surface area contributed by atoms with Gasteiger partial charge in [-0.1, -0.05) is 82.8 Å². The van der Waals surface area contributed by atoms with Crippen molar-refractivity contribution in [3.05, 3.63) is 91.9 Å². The molecular weight excluding hydrogens is 526 g/mol. The summed E-state index contributed by atoms with van der Waals surface area (Å²) in [6.45, 7) is 0. The number of benzene rings is 3. The third-order valence-corrected chi connectivity index (χ3v) is 6.44. The molecule has 6 nitrogen and oxygen atoms in total. The molecule has 0 bridgehead atoms. The molecule has 10 heteroatoms. The Morgan fingerprint density at radius 2 is 0.941 bits per heavy atom. The van der Waals surface area contributed by atoms with Crippen molar-refractivity contribution in [1.29, 1.82) is 0 Å². The first-order chi connectivity index (χ1) is 16.3. The molecule has 0 fully saturated rings. The molecule has 0 aliphatic heterocycles. The fourth-order valence-electron chi connectivity index (χ4n) is 3.07. The molecule has 0 saturated carbocycles. The average molecular weight is 544 g/mol. The van der Waals surface area contributed by atoms with Gasteiger partial charge >= 0.3 is 11.9 Å². The standard InChI is InChI=1S/C24H18Cl4O6/c1-31-23(29)21(33-13-9-5-3-6-10-13)15-17(25)16(19(27)20(28)18(15)26)22(24(30)32-2)34-14-11-7-4-8-12-14/h3-12,21-22H,1-2H3. The molecule has 0 spiro atoms. The van der Waals surface area contributed by atoms with Crippen molar-refractivity contribution >= 4 is 58.3 Å². The summed E-state index contributed by atoms with van der Waals surface area (Å²) in [6, 6.07) is 16.9. The van der Waals surface area contributed by atoms with E-state index in [1.54, 1.807) is 60.7 Å². The van der Waals surface area contributed by atoms with Crippen molar-refractivity contribution in [3.8, 4) is 11.5 Å². The number of carbonyl (C=O) groups is 2. The minimum Gasteiger partial charge on any atom is -0.474 e. The highest BCUT2D eigenvalue weighted by Crippen LogP contribution is 2.48. The zero-order valence-electron chi connectivity index (χ0n) is 17.9. The van der Waals surface area contributed by atoms with Crippen LogP contribution in [0.5, 0.6) is 11.5 Å². The lowest BCUT2D eigenvalue weighted by Gasteiger charge is -2.25. The van der Waals surface area contributed by atoms with E-state index in [1.807, 2.05) is 0 Å². The van der Waals surface area contributed by atoms with Gasteiger partial charge in [-0.3, -0.25) is 0 Å². The van der Waals surface area contributed by atoms with Crippen molar-refractivity contribution in [2.75, 3.05) is 14.2 Å². The van der Waals surface area contributed by atoms with Crippen molar-refractivity contribution < 1.29 is 28.5 Å². The molecule has 3 aromatic rings. The van der Waals surface area contributed by atoms with Crippen LogP contribution in [0.2, 0.25) is 20.1 Å². The second-order valence-corrected chi connectivity index (χ2v) is 8.26. The number of esters is 2. The molecule has 34 heavy (non-hydrogen) atoms. The average Bonchev–Trinajstić information content (AvgIpc) is 2.86. The van der Waals surface area contributed by atoms with Crippen molar-refractivity contribution in [1.82, 2.24) is 0 Å². The van der Waals surface area contributed by atoms with Crippen LogP contribution in [0.4, 0.5) is 0 Å². The predicted octanol–water partition coefficient (Wildman–Crippen LogP) is 6.89. The molecule has 3 aromatic carbocycles. The number of rotatable bonds is 8. The SMILES string of the molecule is COC(=O)C(Oc1ccccc1)c1c(Cl)c(Cl)c(Cl)c(C(Oc2ccccc2)C(=O)OC)c1Cl. The highest BCUT2D eigenvalue weighted by Gasteiger charge is 2.38. The molecule has 0 N–H and O–H groups in total. The van der Waals surface area contributed by atoms with Crippen molar-refractivity contribution in [2.45, 2.75) is 12.2 Å². The van der Waals surface area contributed by atoms with Gasteiger partial charge in [0.15, 0.2) is 0 Å². The van der Waals surface area contributed by atoms with E-state index in [0.29, 0.717) is 11.5 Å². The molecule has 0 aromatic heterocycles. The zero-order chi connectivity index (χ0) is 24.8. The molecule has 0 aliphatic rings. The van der Waals surface area contributed by atoms with Crippen LogP contribution in [0.15, 0.2) is 60.7 Å². The molecule has 3 rings (SSSR count). The van der Waals surface area contributed by atoms with Crippen molar-refractivity contribution in [2.24, 2.45) is 0 Å². The van der Waals surface area contributed by atoms with E-state index >= 15 is 0 Å². The van der Waals surface area contributed by atoms with Crippen LogP contribution >= 0.6 is 46.4 Å². The summed E-state index contributed by atoms with van der Waals surface area (Å²) in [6.07, 6.45) is -2.87. The first kappa shape index (κ1) is 26.0. The Kier molecular flexibility index (Phi) is 8.91. The fraction of sp³-hybridized carbons (Fsp3) is 0.167. The maximum atomic E-state index is 12.7. The van der Waals surface area contributed by atoms with E-state index in [0.717, 1.165) is 0 Å². The van der Waals surface area contributed by atoms with Gasteiger partial charge in [-0.2, -0.15) is 0 Å². The maximum absolute atomic E-state index is 12.7. The molecule has 0 radical (unpaired) electrons. The van der Waals surface area contributed by atoms with Gasteiger partial charge in [0.05, 0.1) is 34.3 Å². The number of hydrogen-bond acceptors (Lipinski definition) is 6. The molecule has 2 atom stereocenters. The molecule has 0 heterocycles. The lowest BCUT2D eigenvalue weighted by atomic mass is 10.0. The predicted molar refractivity (Wildman–Crippen MR) is 130 cm³/mol. The van der Waals surface area contributed by atoms with Crippen LogP contribution in [0.25, 0.3) is 0 Å². The van der Waals surface area contributed by atoms with Crippen LogP contribution in [0.3, 0.4) is 0 Å². The Hall–Kier alpha value is -2.64. The normalized spacial score (nSPS) is 12.4. The smallest absolute Gasteiger partial charge is 0.351 e. The Morgan fingerprint density at radius 3 is 1.26 bits per heavy atom. The highest BCUT2D eigenvalue weighted by molar-refractivity contribution is 6.50. The van der Waals surface area contributed by atoms with Gasteiger partial charge in [-0.25, -0.2) is 9.59 Å². The van der Waals surface area contributed by atoms with Crippen LogP contribution < -0.4 is 9.47 Å². The van der Waals surface area contributed by atoms with E-state index in [9.17, 15) is 9.59 Å². The Bertz CT molecular complexity index is 1080. The van der Waals surface area contributed by atoms with Gasteiger partial charge in [0, 0.05) is 11.1 Å². The largest absolute Gasteiger partial charge is 0.474 e. The summed E-state index contributed by atoms with van der Waals surface area (Å²) in [7, 11) is 2.36. The molecule has 2 unspecified atom stereocenters. The van der Waals surface area contributed by atoms with Crippen LogP contribution in [-0.2, 0) is 19.1 Å². The Labute approximate surface area is 216 Å². The van der Waals surface area contributed by atoms with Crippen LogP contribution in [-0.4, -0.2) is 26.2 Å².